The van der Waals surface area contributed by atoms with Gasteiger partial charge in [-0.25, -0.2) is 4.98 Å². The van der Waals surface area contributed by atoms with Crippen molar-refractivity contribution in [2.75, 3.05) is 5.73 Å². The highest BCUT2D eigenvalue weighted by molar-refractivity contribution is 5.75. The topological polar surface area (TPSA) is 54.7 Å². The molecule has 0 saturated heterocycles. The van der Waals surface area contributed by atoms with Gasteiger partial charge in [-0.2, -0.15) is 0 Å². The van der Waals surface area contributed by atoms with E-state index in [4.69, 9.17) is 12.2 Å². The highest BCUT2D eigenvalue weighted by atomic mass is 15.0. The first-order chi connectivity index (χ1) is 9.78. The number of aromatic nitrogens is 2. The molecule has 20 heavy (non-hydrogen) atoms. The summed E-state index contributed by atoms with van der Waals surface area (Å²) in [4.78, 5) is 6.86. The number of hydrogen-bond acceptors (Lipinski definition) is 2. The van der Waals surface area contributed by atoms with Gasteiger partial charge in [0.05, 0.1) is 11.9 Å². The molecule has 2 aliphatic carbocycles. The minimum Gasteiger partial charge on any atom is -0.369 e. The van der Waals surface area contributed by atoms with Gasteiger partial charge in [0.15, 0.2) is 5.95 Å². The smallest absolute Gasteiger partial charge is 0.197 e. The van der Waals surface area contributed by atoms with Crippen LogP contribution in [0.15, 0.2) is 54.7 Å². The zero-order valence-electron chi connectivity index (χ0n) is 10.8. The van der Waals surface area contributed by atoms with Crippen LogP contribution >= 0.6 is 0 Å². The molecule has 4 rings (SSSR count). The van der Waals surface area contributed by atoms with Crippen molar-refractivity contribution in [3.8, 4) is 34.7 Å². The Morgan fingerprint density at radius 3 is 2.10 bits per heavy atom. The van der Waals surface area contributed by atoms with Gasteiger partial charge in [-0.05, 0) is 17.2 Å². The Hall–Kier alpha value is -2.99. The Kier molecular flexibility index (Phi) is 2.98. The maximum Gasteiger partial charge on any atom is 0.197 e. The lowest BCUT2D eigenvalue weighted by Gasteiger charge is -2.10. The molecule has 2 aromatic rings. The number of fused-ring (bicyclic) bond motifs is 1. The number of anilines is 1. The first-order valence-electron chi connectivity index (χ1n) is 6.25. The molecule has 0 unspecified atom stereocenters. The number of H-pyrrole nitrogens is 1. The summed E-state index contributed by atoms with van der Waals surface area (Å²) >= 11 is 0. The molecule has 96 valence electrons. The largest absolute Gasteiger partial charge is 0.369 e. The van der Waals surface area contributed by atoms with Crippen molar-refractivity contribution in [3.63, 3.8) is 0 Å². The molecule has 0 atom stereocenters. The molecule has 1 aromatic heterocycles. The maximum absolute atomic E-state index is 5.49. The second kappa shape index (κ2) is 4.94. The van der Waals surface area contributed by atoms with E-state index in [1.807, 2.05) is 24.3 Å². The summed E-state index contributed by atoms with van der Waals surface area (Å²) in [5, 5.41) is 0. The third-order valence-corrected chi connectivity index (χ3v) is 3.19. The summed E-state index contributed by atoms with van der Waals surface area (Å²) in [7, 11) is 0. The lowest BCUT2D eigenvalue weighted by atomic mass is 9.95. The van der Waals surface area contributed by atoms with Crippen LogP contribution in [0.3, 0.4) is 0 Å². The number of nitrogens with one attached hydrogen (secondary N) is 1. The van der Waals surface area contributed by atoms with E-state index in [2.05, 4.69) is 40.2 Å². The Bertz CT molecular complexity index is 755. The third kappa shape index (κ3) is 2.15. The lowest BCUT2D eigenvalue weighted by Crippen LogP contribution is -1.87. The number of nitrogen functional groups attached to an aromatic ring is 1. The SMILES string of the molecule is C#Cc1ccccc1-c1cnc(N)[nH]1.c1cc2ccc1-2. The first-order valence-corrected chi connectivity index (χ1v) is 6.25. The average molecular weight is 259 g/mol. The summed E-state index contributed by atoms with van der Waals surface area (Å²) in [6.45, 7) is 0. The fourth-order valence-corrected chi connectivity index (χ4v) is 1.98. The van der Waals surface area contributed by atoms with Crippen LogP contribution in [0.25, 0.3) is 22.4 Å². The van der Waals surface area contributed by atoms with E-state index < -0.39 is 0 Å². The van der Waals surface area contributed by atoms with Crippen molar-refractivity contribution in [1.82, 2.24) is 9.97 Å². The van der Waals surface area contributed by atoms with Crippen LogP contribution in [0.2, 0.25) is 0 Å². The Balaban J connectivity index is 0.000000165. The molecule has 0 aliphatic heterocycles. The van der Waals surface area contributed by atoms with Crippen molar-refractivity contribution >= 4 is 5.95 Å². The van der Waals surface area contributed by atoms with Gasteiger partial charge in [0.2, 0.25) is 0 Å². The monoisotopic (exact) mass is 259 g/mol. The Labute approximate surface area is 117 Å². The van der Waals surface area contributed by atoms with Gasteiger partial charge in [-0.3, -0.25) is 0 Å². The van der Waals surface area contributed by atoms with Crippen molar-refractivity contribution in [2.24, 2.45) is 0 Å². The Morgan fingerprint density at radius 1 is 1.00 bits per heavy atom. The number of hydrogen-bond donors (Lipinski definition) is 2. The summed E-state index contributed by atoms with van der Waals surface area (Å²) in [5.74, 6) is 3.01. The van der Waals surface area contributed by atoms with Crippen LogP contribution in [0.4, 0.5) is 5.95 Å². The van der Waals surface area contributed by atoms with E-state index in [0.717, 1.165) is 16.8 Å². The van der Waals surface area contributed by atoms with Gasteiger partial charge in [-0.15, -0.1) is 6.42 Å². The highest BCUT2D eigenvalue weighted by Gasteiger charge is 2.04. The second-order valence-corrected chi connectivity index (χ2v) is 4.45. The molecular weight excluding hydrogens is 246 g/mol. The zero-order valence-corrected chi connectivity index (χ0v) is 10.8. The first kappa shape index (κ1) is 12.1. The van der Waals surface area contributed by atoms with E-state index in [9.17, 15) is 0 Å². The minimum absolute atomic E-state index is 0.395. The van der Waals surface area contributed by atoms with E-state index >= 15 is 0 Å². The molecule has 0 radical (unpaired) electrons. The van der Waals surface area contributed by atoms with E-state index in [-0.39, 0.29) is 0 Å². The molecule has 0 spiro atoms. The molecule has 0 amide bonds. The summed E-state index contributed by atoms with van der Waals surface area (Å²) < 4.78 is 0. The molecule has 3 N–H and O–H groups in total. The molecule has 0 saturated carbocycles. The molecule has 1 aromatic carbocycles. The third-order valence-electron chi connectivity index (χ3n) is 3.19. The van der Waals surface area contributed by atoms with Crippen molar-refractivity contribution in [2.45, 2.75) is 0 Å². The highest BCUT2D eigenvalue weighted by Crippen LogP contribution is 2.29. The zero-order chi connectivity index (χ0) is 13.9. The number of aromatic amines is 1. The van der Waals surface area contributed by atoms with Gasteiger partial charge >= 0.3 is 0 Å². The average Bonchev–Trinajstić information content (AvgIpc) is 2.90. The fourth-order valence-electron chi connectivity index (χ4n) is 1.98. The lowest BCUT2D eigenvalue weighted by molar-refractivity contribution is 1.32. The van der Waals surface area contributed by atoms with Crippen LogP contribution in [0, 0.1) is 12.3 Å². The van der Waals surface area contributed by atoms with Crippen LogP contribution in [-0.4, -0.2) is 9.97 Å². The number of rotatable bonds is 1. The number of nitrogens with two attached hydrogens (primary N) is 1. The Morgan fingerprint density at radius 2 is 1.65 bits per heavy atom. The number of terminal acetylenes is 1. The van der Waals surface area contributed by atoms with Gasteiger partial charge in [0.1, 0.15) is 0 Å². The number of benzene rings is 2. The minimum atomic E-state index is 0.395. The molecular formula is C17H13N3. The molecule has 1 heterocycles. The van der Waals surface area contributed by atoms with Crippen molar-refractivity contribution in [3.05, 3.63) is 60.3 Å². The second-order valence-electron chi connectivity index (χ2n) is 4.45. The molecule has 3 heteroatoms. The molecule has 2 aliphatic rings. The molecule has 3 nitrogen and oxygen atoms in total. The van der Waals surface area contributed by atoms with Crippen LogP contribution in [-0.2, 0) is 0 Å². The van der Waals surface area contributed by atoms with Gasteiger partial charge in [-0.1, -0.05) is 48.4 Å². The summed E-state index contributed by atoms with van der Waals surface area (Å²) in [6, 6.07) is 16.1. The quantitative estimate of drug-likeness (QED) is 0.515. The normalized spacial score (nSPS) is 10.2. The van der Waals surface area contributed by atoms with Crippen LogP contribution in [0.5, 0.6) is 0 Å². The predicted octanol–water partition coefficient (Wildman–Crippen LogP) is 3.31. The predicted molar refractivity (Wildman–Crippen MR) is 81.8 cm³/mol. The fraction of sp³-hybridized carbons (Fsp3) is 0. The number of imidazole rings is 1. The van der Waals surface area contributed by atoms with E-state index in [1.54, 1.807) is 6.20 Å². The van der Waals surface area contributed by atoms with Crippen LogP contribution in [0.1, 0.15) is 5.56 Å². The van der Waals surface area contributed by atoms with E-state index in [1.165, 1.54) is 11.1 Å². The molecule has 0 fully saturated rings. The standard InChI is InChI=1S/C11H9N3.C6H4/c1-2-8-5-3-4-6-9(8)10-7-13-11(12)14-10;1-2-6-4-3-5(1)6/h1,3-7H,(H3,12,13,14);1-4H. The van der Waals surface area contributed by atoms with E-state index in [0.29, 0.717) is 5.95 Å². The van der Waals surface area contributed by atoms with Gasteiger partial charge in [0, 0.05) is 11.1 Å². The van der Waals surface area contributed by atoms with Crippen LogP contribution < -0.4 is 5.73 Å². The van der Waals surface area contributed by atoms with Crippen molar-refractivity contribution < 1.29 is 0 Å². The van der Waals surface area contributed by atoms with Gasteiger partial charge < -0.3 is 10.7 Å². The number of nitrogens with zero attached hydrogens (tertiary/aromatic N) is 1. The van der Waals surface area contributed by atoms with Crippen molar-refractivity contribution in [1.29, 1.82) is 0 Å². The molecule has 0 bridgehead atoms. The maximum atomic E-state index is 5.49. The summed E-state index contributed by atoms with van der Waals surface area (Å²) in [6.07, 6.45) is 7.05. The summed E-state index contributed by atoms with van der Waals surface area (Å²) in [5.41, 5.74) is 11.0. The van der Waals surface area contributed by atoms with Gasteiger partial charge in [0.25, 0.3) is 0 Å².